The second kappa shape index (κ2) is 11.2. The van der Waals surface area contributed by atoms with E-state index in [0.29, 0.717) is 19.5 Å². The lowest BCUT2D eigenvalue weighted by atomic mass is 9.79. The highest BCUT2D eigenvalue weighted by molar-refractivity contribution is 5.98. The minimum Gasteiger partial charge on any atom is -0.497 e. The van der Waals surface area contributed by atoms with E-state index in [-0.39, 0.29) is 17.6 Å². The van der Waals surface area contributed by atoms with Crippen LogP contribution in [-0.4, -0.2) is 36.8 Å². The Morgan fingerprint density at radius 2 is 1.77 bits per heavy atom. The molecule has 0 saturated carbocycles. The van der Waals surface area contributed by atoms with Crippen molar-refractivity contribution in [1.29, 1.82) is 0 Å². The van der Waals surface area contributed by atoms with Gasteiger partial charge in [-0.3, -0.25) is 9.59 Å². The summed E-state index contributed by atoms with van der Waals surface area (Å²) >= 11 is 0. The third-order valence-corrected chi connectivity index (χ3v) is 8.89. The van der Waals surface area contributed by atoms with Gasteiger partial charge in [0, 0.05) is 31.0 Å². The van der Waals surface area contributed by atoms with Crippen molar-refractivity contribution in [2.24, 2.45) is 5.92 Å². The van der Waals surface area contributed by atoms with Gasteiger partial charge in [0.1, 0.15) is 5.75 Å². The minimum atomic E-state index is -0.0113. The zero-order chi connectivity index (χ0) is 26.8. The molecule has 1 fully saturated rings. The van der Waals surface area contributed by atoms with Crippen molar-refractivity contribution in [3.05, 3.63) is 94.6 Å². The van der Waals surface area contributed by atoms with Crippen LogP contribution in [0, 0.1) is 5.92 Å². The van der Waals surface area contributed by atoms with Crippen LogP contribution >= 0.6 is 0 Å². The minimum absolute atomic E-state index is 0.0113. The Hall–Kier alpha value is -3.66. The van der Waals surface area contributed by atoms with Gasteiger partial charge in [-0.2, -0.15) is 0 Å². The maximum absolute atomic E-state index is 12.9. The summed E-state index contributed by atoms with van der Waals surface area (Å²) in [6.07, 6.45) is 13.1. The van der Waals surface area contributed by atoms with E-state index in [0.717, 1.165) is 43.4 Å². The number of likely N-dealkylation sites (tertiary alicyclic amines) is 1. The van der Waals surface area contributed by atoms with Gasteiger partial charge in [-0.1, -0.05) is 48.1 Å². The number of methoxy groups -OCH3 is 1. The molecule has 1 saturated heterocycles. The number of ether oxygens (including phenoxy) is 1. The first-order valence-electron chi connectivity index (χ1n) is 14.5. The number of benzene rings is 3. The SMILES string of the molecule is COc1ccc(C(=O)C2CCN(C(=O)CCCc3ccc4c5c(ccc4c3)C3=C(CCC=C3)CC5)CC2)cc1. The number of amides is 1. The van der Waals surface area contributed by atoms with E-state index < -0.39 is 0 Å². The fourth-order valence-corrected chi connectivity index (χ4v) is 6.63. The van der Waals surface area contributed by atoms with Crippen LogP contribution in [0.2, 0.25) is 0 Å². The number of allylic oxidation sites excluding steroid dienone is 4. The molecule has 1 amide bonds. The van der Waals surface area contributed by atoms with Crippen molar-refractivity contribution < 1.29 is 14.3 Å². The van der Waals surface area contributed by atoms with Crippen LogP contribution in [0.3, 0.4) is 0 Å². The number of nitrogens with zero attached hydrogens (tertiary/aromatic N) is 1. The molecule has 6 rings (SSSR count). The fourth-order valence-electron chi connectivity index (χ4n) is 6.63. The standard InChI is InChI=1S/C35H37NO3/c1-39-29-14-10-26(11-15-29)35(38)27-19-21-36(22-20-27)34(37)8-4-5-24-9-16-31-28(23-24)13-18-32-30-7-3-2-6-25(30)12-17-33(31)32/h3,7,9-11,13-16,18,23,27H,2,4-6,8,12,17,19-22H2,1H3. The van der Waals surface area contributed by atoms with Crippen molar-refractivity contribution in [3.8, 4) is 5.75 Å². The first kappa shape index (κ1) is 25.6. The molecule has 200 valence electrons. The van der Waals surface area contributed by atoms with Gasteiger partial charge in [0.15, 0.2) is 5.78 Å². The van der Waals surface area contributed by atoms with Crippen LogP contribution in [0.15, 0.2) is 72.3 Å². The quantitative estimate of drug-likeness (QED) is 0.307. The van der Waals surface area contributed by atoms with Crippen molar-refractivity contribution in [2.75, 3.05) is 20.2 Å². The number of rotatable bonds is 7. The van der Waals surface area contributed by atoms with Gasteiger partial charge in [0.2, 0.25) is 5.91 Å². The Labute approximate surface area is 231 Å². The molecule has 1 heterocycles. The Morgan fingerprint density at radius 1 is 0.949 bits per heavy atom. The van der Waals surface area contributed by atoms with E-state index in [2.05, 4.69) is 42.5 Å². The molecule has 3 aromatic rings. The molecule has 0 N–H and O–H groups in total. The predicted molar refractivity (Wildman–Crippen MR) is 157 cm³/mol. The zero-order valence-corrected chi connectivity index (χ0v) is 22.9. The molecule has 2 aliphatic carbocycles. The van der Waals surface area contributed by atoms with E-state index in [1.165, 1.54) is 52.3 Å². The molecule has 0 radical (unpaired) electrons. The van der Waals surface area contributed by atoms with Crippen molar-refractivity contribution >= 4 is 28.0 Å². The molecule has 0 aromatic heterocycles. The van der Waals surface area contributed by atoms with Crippen molar-refractivity contribution in [2.45, 2.75) is 57.8 Å². The number of piperidine rings is 1. The molecule has 0 spiro atoms. The molecule has 4 nitrogen and oxygen atoms in total. The molecular formula is C35H37NO3. The fraction of sp³-hybridized carbons (Fsp3) is 0.371. The second-order valence-electron chi connectivity index (χ2n) is 11.2. The van der Waals surface area contributed by atoms with Gasteiger partial charge in [-0.05, 0) is 109 Å². The van der Waals surface area contributed by atoms with Gasteiger partial charge in [0.25, 0.3) is 0 Å². The summed E-state index contributed by atoms with van der Waals surface area (Å²) in [5.74, 6) is 1.13. The Balaban J connectivity index is 1.01. The third kappa shape index (κ3) is 5.30. The highest BCUT2D eigenvalue weighted by Crippen LogP contribution is 2.40. The molecule has 0 bridgehead atoms. The third-order valence-electron chi connectivity index (χ3n) is 8.89. The Kier molecular flexibility index (Phi) is 7.36. The summed E-state index contributed by atoms with van der Waals surface area (Å²) in [7, 11) is 1.62. The normalized spacial score (nSPS) is 17.2. The lowest BCUT2D eigenvalue weighted by Crippen LogP contribution is -2.40. The van der Waals surface area contributed by atoms with E-state index in [1.54, 1.807) is 12.7 Å². The zero-order valence-electron chi connectivity index (χ0n) is 22.9. The molecular weight excluding hydrogens is 482 g/mol. The Morgan fingerprint density at radius 3 is 2.56 bits per heavy atom. The number of ketones is 1. The van der Waals surface area contributed by atoms with Gasteiger partial charge < -0.3 is 9.64 Å². The summed E-state index contributed by atoms with van der Waals surface area (Å²) in [4.78, 5) is 27.8. The molecule has 4 heteroatoms. The van der Waals surface area contributed by atoms with Gasteiger partial charge in [-0.15, -0.1) is 0 Å². The predicted octanol–water partition coefficient (Wildman–Crippen LogP) is 7.34. The van der Waals surface area contributed by atoms with E-state index in [4.69, 9.17) is 4.74 Å². The van der Waals surface area contributed by atoms with Crippen LogP contribution in [0.5, 0.6) is 5.75 Å². The summed E-state index contributed by atoms with van der Waals surface area (Å²) in [5.41, 5.74) is 8.03. The number of aryl methyl sites for hydroxylation is 2. The number of hydrogen-bond acceptors (Lipinski definition) is 3. The molecule has 1 aliphatic heterocycles. The summed E-state index contributed by atoms with van der Waals surface area (Å²) in [5, 5.41) is 2.69. The topological polar surface area (TPSA) is 46.6 Å². The highest BCUT2D eigenvalue weighted by Gasteiger charge is 2.28. The number of carbonyl (C=O) groups excluding carboxylic acids is 2. The lowest BCUT2D eigenvalue weighted by molar-refractivity contribution is -0.132. The number of Topliss-reactive ketones (excluding diaryl/α,β-unsaturated/α-hetero) is 1. The Bertz CT molecular complexity index is 1460. The molecule has 3 aromatic carbocycles. The largest absolute Gasteiger partial charge is 0.497 e. The van der Waals surface area contributed by atoms with Crippen molar-refractivity contribution in [1.82, 2.24) is 4.90 Å². The van der Waals surface area contributed by atoms with Crippen LogP contribution in [-0.2, 0) is 17.6 Å². The smallest absolute Gasteiger partial charge is 0.222 e. The monoisotopic (exact) mass is 519 g/mol. The number of fused-ring (bicyclic) bond motifs is 4. The van der Waals surface area contributed by atoms with Gasteiger partial charge in [0.05, 0.1) is 7.11 Å². The van der Waals surface area contributed by atoms with Gasteiger partial charge >= 0.3 is 0 Å². The number of hydrogen-bond donors (Lipinski definition) is 0. The highest BCUT2D eigenvalue weighted by atomic mass is 16.5. The summed E-state index contributed by atoms with van der Waals surface area (Å²) in [6, 6.07) is 18.8. The first-order valence-corrected chi connectivity index (χ1v) is 14.5. The average molecular weight is 520 g/mol. The van der Waals surface area contributed by atoms with Gasteiger partial charge in [-0.25, -0.2) is 0 Å². The van der Waals surface area contributed by atoms with Crippen LogP contribution in [0.25, 0.3) is 16.3 Å². The molecule has 0 unspecified atom stereocenters. The molecule has 3 aliphatic rings. The van der Waals surface area contributed by atoms with E-state index in [1.807, 2.05) is 29.2 Å². The van der Waals surface area contributed by atoms with E-state index in [9.17, 15) is 9.59 Å². The lowest BCUT2D eigenvalue weighted by Gasteiger charge is -2.31. The van der Waals surface area contributed by atoms with E-state index >= 15 is 0 Å². The average Bonchev–Trinajstić information content (AvgIpc) is 3.00. The van der Waals surface area contributed by atoms with Crippen LogP contribution in [0.4, 0.5) is 0 Å². The van der Waals surface area contributed by atoms with Crippen LogP contribution in [0.1, 0.15) is 72.0 Å². The molecule has 39 heavy (non-hydrogen) atoms. The summed E-state index contributed by atoms with van der Waals surface area (Å²) in [6.45, 7) is 1.33. The van der Waals surface area contributed by atoms with Crippen molar-refractivity contribution in [3.63, 3.8) is 0 Å². The first-order chi connectivity index (χ1) is 19.1. The maximum atomic E-state index is 12.9. The van der Waals surface area contributed by atoms with Crippen LogP contribution < -0.4 is 4.74 Å². The molecule has 0 atom stereocenters. The summed E-state index contributed by atoms with van der Waals surface area (Å²) < 4.78 is 5.19. The maximum Gasteiger partial charge on any atom is 0.222 e. The second-order valence-corrected chi connectivity index (χ2v) is 11.2. The number of carbonyl (C=O) groups is 2.